The second-order valence-corrected chi connectivity index (χ2v) is 13.1. The molecule has 0 aromatic rings. The molecule has 8 heteroatoms. The molecule has 0 aromatic carbocycles. The van der Waals surface area contributed by atoms with E-state index in [-0.39, 0.29) is 6.42 Å². The van der Waals surface area contributed by atoms with Crippen LogP contribution in [0, 0.1) is 0 Å². The Balaban J connectivity index is 4.30. The predicted octanol–water partition coefficient (Wildman–Crippen LogP) is 8.15. The van der Waals surface area contributed by atoms with Crippen LogP contribution in [0.25, 0.3) is 0 Å². The zero-order chi connectivity index (χ0) is 32.0. The number of carbonyl (C=O) groups is 1. The molecule has 0 fully saturated rings. The first-order valence-corrected chi connectivity index (χ1v) is 18.6. The second kappa shape index (κ2) is 29.0. The summed E-state index contributed by atoms with van der Waals surface area (Å²) in [6, 6.07) is -1.26. The summed E-state index contributed by atoms with van der Waals surface area (Å²) < 4.78 is 32.3. The van der Waals surface area contributed by atoms with Gasteiger partial charge in [0.05, 0.1) is 17.9 Å². The van der Waals surface area contributed by atoms with Gasteiger partial charge in [0.2, 0.25) is 5.91 Å². The molecule has 0 rings (SSSR count). The topological polar surface area (TPSA) is 124 Å². The first-order chi connectivity index (χ1) is 20.7. The van der Waals surface area contributed by atoms with Gasteiger partial charge in [0.25, 0.3) is 10.1 Å². The Morgan fingerprint density at radius 1 is 0.628 bits per heavy atom. The summed E-state index contributed by atoms with van der Waals surface area (Å²) in [6.07, 6.45) is 34.5. The lowest BCUT2D eigenvalue weighted by atomic mass is 10.1. The van der Waals surface area contributed by atoms with Crippen molar-refractivity contribution in [2.24, 2.45) is 0 Å². The largest absolute Gasteiger partial charge is 0.387 e. The molecule has 7 nitrogen and oxygen atoms in total. The fraction of sp³-hybridized carbons (Fsp3) is 0.743. The van der Waals surface area contributed by atoms with Crippen molar-refractivity contribution in [1.82, 2.24) is 5.32 Å². The van der Waals surface area contributed by atoms with Gasteiger partial charge in [0.15, 0.2) is 0 Å². The maximum atomic E-state index is 12.5. The lowest BCUT2D eigenvalue weighted by molar-refractivity contribution is -0.130. The van der Waals surface area contributed by atoms with Crippen molar-refractivity contribution in [3.8, 4) is 0 Å². The van der Waals surface area contributed by atoms with Gasteiger partial charge in [-0.1, -0.05) is 120 Å². The van der Waals surface area contributed by atoms with Crippen molar-refractivity contribution in [1.29, 1.82) is 0 Å². The van der Waals surface area contributed by atoms with Crippen LogP contribution < -0.4 is 5.32 Å². The maximum absolute atomic E-state index is 12.5. The third-order valence-corrected chi connectivity index (χ3v) is 8.09. The van der Waals surface area contributed by atoms with E-state index in [0.717, 1.165) is 57.8 Å². The minimum atomic E-state index is -4.45. The first kappa shape index (κ1) is 41.3. The fourth-order valence-electron chi connectivity index (χ4n) is 4.66. The first-order valence-electron chi connectivity index (χ1n) is 16.9. The number of amides is 1. The highest BCUT2D eigenvalue weighted by Crippen LogP contribution is 2.11. The Morgan fingerprint density at radius 2 is 1.05 bits per heavy atom. The van der Waals surface area contributed by atoms with Gasteiger partial charge in [-0.05, 0) is 70.6 Å². The molecular formula is C35H63NO6S. The number of allylic oxidation sites excluding steroid dienone is 7. The highest BCUT2D eigenvalue weighted by molar-refractivity contribution is 7.85. The molecule has 0 aliphatic heterocycles. The molecule has 1 amide bonds. The van der Waals surface area contributed by atoms with Gasteiger partial charge in [0, 0.05) is 0 Å². The fourth-order valence-corrected chi connectivity index (χ4v) is 5.39. The van der Waals surface area contributed by atoms with Crippen molar-refractivity contribution >= 4 is 16.0 Å². The molecular weight excluding hydrogens is 562 g/mol. The molecule has 0 spiro atoms. The summed E-state index contributed by atoms with van der Waals surface area (Å²) in [6.45, 7) is 4.42. The maximum Gasteiger partial charge on any atom is 0.267 e. The monoisotopic (exact) mass is 625 g/mol. The minimum absolute atomic E-state index is 0.254. The molecule has 3 unspecified atom stereocenters. The molecule has 0 saturated carbocycles. The average molecular weight is 626 g/mol. The molecule has 0 aliphatic carbocycles. The summed E-state index contributed by atoms with van der Waals surface area (Å²) in [7, 11) is -4.45. The Morgan fingerprint density at radius 3 is 1.56 bits per heavy atom. The molecule has 0 bridgehead atoms. The summed E-state index contributed by atoms with van der Waals surface area (Å²) in [4.78, 5) is 12.5. The van der Waals surface area contributed by atoms with Crippen LogP contribution in [0.5, 0.6) is 0 Å². The molecule has 0 radical (unpaired) electrons. The van der Waals surface area contributed by atoms with Crippen molar-refractivity contribution in [3.63, 3.8) is 0 Å². The highest BCUT2D eigenvalue weighted by Gasteiger charge is 2.27. The van der Waals surface area contributed by atoms with E-state index in [4.69, 9.17) is 0 Å². The van der Waals surface area contributed by atoms with Crippen LogP contribution in [0.1, 0.15) is 142 Å². The molecule has 3 atom stereocenters. The van der Waals surface area contributed by atoms with E-state index in [1.807, 2.05) is 0 Å². The third kappa shape index (κ3) is 28.8. The third-order valence-electron chi connectivity index (χ3n) is 7.31. The normalized spacial score (nSPS) is 14.8. The zero-order valence-corrected chi connectivity index (χ0v) is 28.0. The van der Waals surface area contributed by atoms with Gasteiger partial charge in [-0.25, -0.2) is 0 Å². The number of hydrogen-bond acceptors (Lipinski definition) is 5. The van der Waals surface area contributed by atoms with Crippen LogP contribution in [-0.4, -0.2) is 53.1 Å². The van der Waals surface area contributed by atoms with Crippen molar-refractivity contribution < 1.29 is 28.0 Å². The van der Waals surface area contributed by atoms with Crippen molar-refractivity contribution in [2.45, 2.75) is 161 Å². The van der Waals surface area contributed by atoms with E-state index in [1.165, 1.54) is 57.4 Å². The minimum Gasteiger partial charge on any atom is -0.387 e. The number of aliphatic hydroxyl groups is 2. The van der Waals surface area contributed by atoms with Crippen LogP contribution in [0.2, 0.25) is 0 Å². The average Bonchev–Trinajstić information content (AvgIpc) is 2.96. The molecule has 0 heterocycles. The van der Waals surface area contributed by atoms with Crippen molar-refractivity contribution in [3.05, 3.63) is 48.6 Å². The molecule has 0 aromatic heterocycles. The highest BCUT2D eigenvalue weighted by atomic mass is 32.2. The smallest absolute Gasteiger partial charge is 0.267 e. The number of carbonyl (C=O) groups excluding carboxylic acids is 1. The number of nitrogens with one attached hydrogen (secondary N) is 1. The van der Waals surface area contributed by atoms with E-state index < -0.39 is 40.0 Å². The number of rotatable bonds is 29. The van der Waals surface area contributed by atoms with Gasteiger partial charge < -0.3 is 15.5 Å². The Kier molecular flexibility index (Phi) is 27.8. The van der Waals surface area contributed by atoms with Gasteiger partial charge in [-0.2, -0.15) is 8.42 Å². The number of aliphatic hydroxyl groups excluding tert-OH is 2. The van der Waals surface area contributed by atoms with Gasteiger partial charge in [-0.15, -0.1) is 0 Å². The summed E-state index contributed by atoms with van der Waals surface area (Å²) in [5, 5.41) is 23.2. The van der Waals surface area contributed by atoms with Crippen LogP contribution in [0.3, 0.4) is 0 Å². The standard InChI is InChI=1S/C35H63NO6S/c1-3-5-7-9-11-13-15-16-17-18-20-21-23-25-27-29-33(37)32(31-43(40,41)42)36-35(39)34(38)30-28-26-24-22-19-14-12-10-8-6-4-2/h12,14-16,20-21,27,29,32-34,37-38H,3-11,13,17-19,22-26,28,30-31H2,1-2H3,(H,36,39)(H,40,41,42)/b14-12-,16-15+,21-20+,29-27+. The van der Waals surface area contributed by atoms with Crippen LogP contribution in [-0.2, 0) is 14.9 Å². The van der Waals surface area contributed by atoms with E-state index in [2.05, 4.69) is 55.6 Å². The van der Waals surface area contributed by atoms with Crippen LogP contribution in [0.4, 0.5) is 0 Å². The second-order valence-electron chi connectivity index (χ2n) is 11.6. The Labute approximate surface area is 263 Å². The molecule has 0 saturated heterocycles. The van der Waals surface area contributed by atoms with Gasteiger partial charge in [-0.3, -0.25) is 9.35 Å². The lowest BCUT2D eigenvalue weighted by Crippen LogP contribution is -2.50. The SMILES string of the molecule is CCCCC/C=C\CCCCCCC(O)C(=O)NC(CS(=O)(=O)O)C(O)/C=C/CC/C=C/CC/C=C/CCCCCCC. The summed E-state index contributed by atoms with van der Waals surface area (Å²) in [5.41, 5.74) is 0. The van der Waals surface area contributed by atoms with E-state index >= 15 is 0 Å². The predicted molar refractivity (Wildman–Crippen MR) is 181 cm³/mol. The molecule has 0 aliphatic rings. The lowest BCUT2D eigenvalue weighted by Gasteiger charge is -2.22. The summed E-state index contributed by atoms with van der Waals surface area (Å²) in [5.74, 6) is -1.58. The van der Waals surface area contributed by atoms with E-state index in [1.54, 1.807) is 6.08 Å². The number of hydrogen-bond donors (Lipinski definition) is 4. The van der Waals surface area contributed by atoms with Crippen molar-refractivity contribution in [2.75, 3.05) is 5.75 Å². The van der Waals surface area contributed by atoms with Gasteiger partial charge >= 0.3 is 0 Å². The molecule has 43 heavy (non-hydrogen) atoms. The van der Waals surface area contributed by atoms with E-state index in [0.29, 0.717) is 12.8 Å². The molecule has 4 N–H and O–H groups in total. The summed E-state index contributed by atoms with van der Waals surface area (Å²) >= 11 is 0. The number of unbranched alkanes of at least 4 members (excludes halogenated alkanes) is 14. The Hall–Kier alpha value is -1.74. The van der Waals surface area contributed by atoms with E-state index in [9.17, 15) is 28.0 Å². The van der Waals surface area contributed by atoms with Gasteiger partial charge in [0.1, 0.15) is 6.10 Å². The quantitative estimate of drug-likeness (QED) is 0.0378. The van der Waals surface area contributed by atoms with Crippen LogP contribution in [0.15, 0.2) is 48.6 Å². The van der Waals surface area contributed by atoms with Crippen LogP contribution >= 0.6 is 0 Å². The molecule has 250 valence electrons. The Bertz CT molecular complexity index is 881. The zero-order valence-electron chi connectivity index (χ0n) is 27.2.